The molecule has 0 unspecified atom stereocenters. The molecule has 0 fully saturated rings. The first-order valence-corrected chi connectivity index (χ1v) is 15.4. The van der Waals surface area contributed by atoms with E-state index in [0.29, 0.717) is 31.4 Å². The lowest BCUT2D eigenvalue weighted by Crippen LogP contribution is -2.58. The van der Waals surface area contributed by atoms with E-state index in [0.717, 1.165) is 22.0 Å². The number of H-pyrrole nitrogens is 1. The number of phenols is 1. The number of hydrogen-bond acceptors (Lipinski definition) is 7. The van der Waals surface area contributed by atoms with Crippen molar-refractivity contribution in [3.8, 4) is 5.75 Å². The van der Waals surface area contributed by atoms with Crippen LogP contribution in [0, 0.1) is 0 Å². The number of aromatic nitrogens is 1. The Morgan fingerprint density at radius 3 is 2.11 bits per heavy atom. The molecule has 3 amide bonds. The van der Waals surface area contributed by atoms with Gasteiger partial charge < -0.3 is 37.5 Å². The molecular formula is C35H41N6O5. The molecular weight excluding hydrogens is 584 g/mol. The van der Waals surface area contributed by atoms with Crippen LogP contribution in [0.2, 0.25) is 0 Å². The molecule has 0 aliphatic rings. The van der Waals surface area contributed by atoms with E-state index < -0.39 is 41.9 Å². The van der Waals surface area contributed by atoms with Gasteiger partial charge in [0.1, 0.15) is 17.8 Å². The maximum atomic E-state index is 13.9. The summed E-state index contributed by atoms with van der Waals surface area (Å²) in [7, 11) is 0. The Labute approximate surface area is 268 Å². The molecule has 0 spiro atoms. The lowest BCUT2D eigenvalue weighted by Gasteiger charge is -2.25. The smallest absolute Gasteiger partial charge is 0.243 e. The van der Waals surface area contributed by atoms with E-state index in [1.807, 2.05) is 60.9 Å². The molecule has 3 aromatic carbocycles. The number of aromatic amines is 1. The van der Waals surface area contributed by atoms with Crippen molar-refractivity contribution in [2.24, 2.45) is 11.5 Å². The predicted octanol–water partition coefficient (Wildman–Crippen LogP) is 1.92. The largest absolute Gasteiger partial charge is 0.508 e. The number of benzene rings is 3. The maximum Gasteiger partial charge on any atom is 0.243 e. The van der Waals surface area contributed by atoms with E-state index in [2.05, 4.69) is 20.9 Å². The minimum absolute atomic E-state index is 0.0575. The normalized spacial score (nSPS) is 13.7. The average molecular weight is 626 g/mol. The second-order valence-electron chi connectivity index (χ2n) is 11.3. The summed E-state index contributed by atoms with van der Waals surface area (Å²) in [6.45, 7) is 0.460. The minimum atomic E-state index is -1.10. The van der Waals surface area contributed by atoms with Gasteiger partial charge in [0, 0.05) is 29.9 Å². The van der Waals surface area contributed by atoms with E-state index in [9.17, 15) is 24.3 Å². The van der Waals surface area contributed by atoms with Crippen molar-refractivity contribution in [1.29, 1.82) is 0 Å². The molecule has 11 heteroatoms. The highest BCUT2D eigenvalue weighted by Gasteiger charge is 2.30. The summed E-state index contributed by atoms with van der Waals surface area (Å²) in [5, 5.41) is 18.9. The number of nitrogens with two attached hydrogens (primary N) is 2. The molecule has 0 bridgehead atoms. The van der Waals surface area contributed by atoms with Crippen LogP contribution in [-0.4, -0.2) is 64.8 Å². The van der Waals surface area contributed by atoms with Crippen LogP contribution in [0.1, 0.15) is 36.0 Å². The van der Waals surface area contributed by atoms with Gasteiger partial charge in [-0.2, -0.15) is 0 Å². The first kappa shape index (κ1) is 33.9. The molecule has 0 saturated heterocycles. The van der Waals surface area contributed by atoms with Crippen LogP contribution >= 0.6 is 0 Å². The number of fused-ring (bicyclic) bond motifs is 1. The van der Waals surface area contributed by atoms with Gasteiger partial charge in [-0.05, 0) is 67.1 Å². The first-order valence-electron chi connectivity index (χ1n) is 15.4. The molecule has 1 aromatic heterocycles. The Morgan fingerprint density at radius 1 is 0.761 bits per heavy atom. The molecule has 9 N–H and O–H groups in total. The number of hydrogen-bond donors (Lipinski definition) is 7. The summed E-state index contributed by atoms with van der Waals surface area (Å²) in [6.07, 6.45) is 5.77. The zero-order valence-electron chi connectivity index (χ0n) is 25.6. The SMILES string of the molecule is NCCCC[C@@H]([C]=O)NC(=O)[C@@H](Cc1c[nH]c2ccccc12)NC(=O)[C@H](Cc1ccc(O)cc1)NC(=O)[C@@H](N)Cc1ccccc1. The summed E-state index contributed by atoms with van der Waals surface area (Å²) in [5.41, 5.74) is 15.0. The second-order valence-corrected chi connectivity index (χ2v) is 11.3. The quantitative estimate of drug-likeness (QED) is 0.0872. The van der Waals surface area contributed by atoms with Crippen LogP contribution in [0.4, 0.5) is 0 Å². The fraction of sp³-hybridized carbons (Fsp3) is 0.314. The highest BCUT2D eigenvalue weighted by atomic mass is 16.3. The number of unbranched alkanes of at least 4 members (excludes halogenated alkanes) is 1. The highest BCUT2D eigenvalue weighted by molar-refractivity contribution is 5.94. The van der Waals surface area contributed by atoms with Gasteiger partial charge >= 0.3 is 0 Å². The number of amides is 3. The fourth-order valence-corrected chi connectivity index (χ4v) is 5.24. The van der Waals surface area contributed by atoms with Crippen LogP contribution in [0.25, 0.3) is 10.9 Å². The molecule has 4 atom stereocenters. The Morgan fingerprint density at radius 2 is 1.39 bits per heavy atom. The van der Waals surface area contributed by atoms with Gasteiger partial charge in [0.05, 0.1) is 12.1 Å². The summed E-state index contributed by atoms with van der Waals surface area (Å²) in [6, 6.07) is 19.2. The van der Waals surface area contributed by atoms with Crippen molar-refractivity contribution in [2.75, 3.05) is 6.54 Å². The van der Waals surface area contributed by atoms with Crippen molar-refractivity contribution >= 4 is 34.9 Å². The fourth-order valence-electron chi connectivity index (χ4n) is 5.24. The predicted molar refractivity (Wildman–Crippen MR) is 176 cm³/mol. The number of para-hydroxylation sites is 1. The molecule has 0 aliphatic heterocycles. The van der Waals surface area contributed by atoms with Crippen molar-refractivity contribution in [1.82, 2.24) is 20.9 Å². The van der Waals surface area contributed by atoms with Crippen molar-refractivity contribution in [3.63, 3.8) is 0 Å². The van der Waals surface area contributed by atoms with Crippen molar-refractivity contribution < 1.29 is 24.3 Å². The molecule has 11 nitrogen and oxygen atoms in total. The number of aromatic hydroxyl groups is 1. The molecule has 1 heterocycles. The third-order valence-electron chi connectivity index (χ3n) is 7.78. The second kappa shape index (κ2) is 16.9. The zero-order valence-corrected chi connectivity index (χ0v) is 25.6. The summed E-state index contributed by atoms with van der Waals surface area (Å²) in [4.78, 5) is 55.6. The van der Waals surface area contributed by atoms with Gasteiger partial charge in [-0.3, -0.25) is 19.2 Å². The number of carbonyl (C=O) groups is 3. The number of rotatable bonds is 17. The average Bonchev–Trinajstić information content (AvgIpc) is 3.47. The van der Waals surface area contributed by atoms with E-state index >= 15 is 0 Å². The Balaban J connectivity index is 1.57. The van der Waals surface area contributed by atoms with Gasteiger partial charge in [-0.15, -0.1) is 0 Å². The number of nitrogens with one attached hydrogen (secondary N) is 4. The minimum Gasteiger partial charge on any atom is -0.508 e. The van der Waals surface area contributed by atoms with Crippen LogP contribution < -0.4 is 27.4 Å². The molecule has 241 valence electrons. The third kappa shape index (κ3) is 9.75. The van der Waals surface area contributed by atoms with Crippen molar-refractivity contribution in [2.45, 2.75) is 62.7 Å². The van der Waals surface area contributed by atoms with Crippen LogP contribution in [0.15, 0.2) is 85.1 Å². The molecule has 4 rings (SSSR count). The van der Waals surface area contributed by atoms with E-state index in [4.69, 9.17) is 11.5 Å². The molecule has 0 saturated carbocycles. The van der Waals surface area contributed by atoms with Gasteiger partial charge in [0.2, 0.25) is 24.0 Å². The third-order valence-corrected chi connectivity index (χ3v) is 7.78. The summed E-state index contributed by atoms with van der Waals surface area (Å²) >= 11 is 0. The Hall–Kier alpha value is -5.00. The van der Waals surface area contributed by atoms with Crippen LogP contribution in [-0.2, 0) is 38.4 Å². The maximum absolute atomic E-state index is 13.9. The van der Waals surface area contributed by atoms with Gasteiger partial charge in [-0.1, -0.05) is 60.7 Å². The van der Waals surface area contributed by atoms with Crippen LogP contribution in [0.3, 0.4) is 0 Å². The van der Waals surface area contributed by atoms with E-state index in [1.165, 1.54) is 12.1 Å². The first-order chi connectivity index (χ1) is 22.3. The Kier molecular flexibility index (Phi) is 12.4. The number of phenolic OH excluding ortho intramolecular Hbond substituents is 1. The summed E-state index contributed by atoms with van der Waals surface area (Å²) in [5.74, 6) is -1.64. The lowest BCUT2D eigenvalue weighted by molar-refractivity contribution is -0.132. The monoisotopic (exact) mass is 625 g/mol. The highest BCUT2D eigenvalue weighted by Crippen LogP contribution is 2.20. The topological polar surface area (TPSA) is 192 Å². The number of carbonyl (C=O) groups excluding carboxylic acids is 4. The van der Waals surface area contributed by atoms with Crippen molar-refractivity contribution in [3.05, 3.63) is 102 Å². The van der Waals surface area contributed by atoms with E-state index in [1.54, 1.807) is 18.3 Å². The van der Waals surface area contributed by atoms with Gasteiger partial charge in [-0.25, -0.2) is 0 Å². The molecule has 4 aromatic rings. The lowest BCUT2D eigenvalue weighted by atomic mass is 10.0. The molecule has 0 aliphatic carbocycles. The molecule has 46 heavy (non-hydrogen) atoms. The molecule has 1 radical (unpaired) electrons. The van der Waals surface area contributed by atoms with Gasteiger partial charge in [0.15, 0.2) is 0 Å². The standard InChI is InChI=1S/C35H41N6O5/c36-17-7-6-10-26(22-42)39-34(45)32(20-25-21-38-30-12-5-4-11-28(25)30)41-35(46)31(19-24-13-15-27(43)16-14-24)40-33(44)29(37)18-23-8-2-1-3-9-23/h1-5,8-9,11-16,21,26,29,31-32,38,43H,6-7,10,17-20,36-37H2,(H,39,45)(H,40,44)(H,41,46)/t26-,29-,31-,32+/m0/s1. The summed E-state index contributed by atoms with van der Waals surface area (Å²) < 4.78 is 0. The zero-order chi connectivity index (χ0) is 32.9. The van der Waals surface area contributed by atoms with Gasteiger partial charge in [0.25, 0.3) is 0 Å². The van der Waals surface area contributed by atoms with E-state index in [-0.39, 0.29) is 25.0 Å². The Bertz CT molecular complexity index is 1590. The van der Waals surface area contributed by atoms with Crippen LogP contribution in [0.5, 0.6) is 5.75 Å².